The van der Waals surface area contributed by atoms with E-state index in [1.165, 1.54) is 11.1 Å². The summed E-state index contributed by atoms with van der Waals surface area (Å²) in [7, 11) is 0. The molecular weight excluding hydrogens is 294 g/mol. The Morgan fingerprint density at radius 3 is 1.71 bits per heavy atom. The zero-order valence-electron chi connectivity index (χ0n) is 14.7. The lowest BCUT2D eigenvalue weighted by atomic mass is 9.91. The van der Waals surface area contributed by atoms with Crippen molar-refractivity contribution in [2.24, 2.45) is 5.73 Å². The van der Waals surface area contributed by atoms with E-state index in [0.29, 0.717) is 0 Å². The van der Waals surface area contributed by atoms with Gasteiger partial charge in [-0.15, -0.1) is 0 Å². The van der Waals surface area contributed by atoms with E-state index in [0.717, 1.165) is 45.7 Å². The fourth-order valence-corrected chi connectivity index (χ4v) is 3.87. The van der Waals surface area contributed by atoms with E-state index < -0.39 is 0 Å². The lowest BCUT2D eigenvalue weighted by molar-refractivity contribution is 0.0193. The largest absolute Gasteiger partial charge is 0.323 e. The molecular formula is C21H29N3. The van der Waals surface area contributed by atoms with E-state index in [1.54, 1.807) is 0 Å². The van der Waals surface area contributed by atoms with Crippen molar-refractivity contribution in [3.63, 3.8) is 0 Å². The van der Waals surface area contributed by atoms with Gasteiger partial charge in [0, 0.05) is 31.7 Å². The van der Waals surface area contributed by atoms with Gasteiger partial charge < -0.3 is 5.73 Å². The number of hydrogen-bond acceptors (Lipinski definition) is 3. The average Bonchev–Trinajstić information content (AvgIpc) is 2.56. The van der Waals surface area contributed by atoms with Crippen LogP contribution in [-0.2, 0) is 13.1 Å². The van der Waals surface area contributed by atoms with Crippen molar-refractivity contribution < 1.29 is 0 Å². The molecule has 0 spiro atoms. The van der Waals surface area contributed by atoms with Crippen LogP contribution in [0.1, 0.15) is 30.9 Å². The smallest absolute Gasteiger partial charge is 0.0514 e. The van der Waals surface area contributed by atoms with E-state index in [-0.39, 0.29) is 5.54 Å². The Balaban J connectivity index is 1.71. The molecule has 1 saturated heterocycles. The lowest BCUT2D eigenvalue weighted by Crippen LogP contribution is -2.63. The van der Waals surface area contributed by atoms with Crippen LogP contribution in [0.3, 0.4) is 0 Å². The summed E-state index contributed by atoms with van der Waals surface area (Å²) in [5, 5.41) is 0. The highest BCUT2D eigenvalue weighted by Gasteiger charge is 2.34. The molecule has 0 aromatic heterocycles. The molecule has 3 rings (SSSR count). The molecule has 0 saturated carbocycles. The topological polar surface area (TPSA) is 32.5 Å². The molecule has 0 unspecified atom stereocenters. The molecule has 1 fully saturated rings. The van der Waals surface area contributed by atoms with Crippen LogP contribution in [0.25, 0.3) is 0 Å². The van der Waals surface area contributed by atoms with Crippen LogP contribution in [-0.4, -0.2) is 35.1 Å². The van der Waals surface area contributed by atoms with Gasteiger partial charge in [0.2, 0.25) is 0 Å². The monoisotopic (exact) mass is 323 g/mol. The third-order valence-corrected chi connectivity index (χ3v) is 4.72. The summed E-state index contributed by atoms with van der Waals surface area (Å²) in [6.45, 7) is 7.09. The first-order valence-electron chi connectivity index (χ1n) is 8.98. The fraction of sp³-hybridized carbons (Fsp3) is 0.429. The molecule has 0 bridgehead atoms. The summed E-state index contributed by atoms with van der Waals surface area (Å²) >= 11 is 0. The SMILES string of the molecule is CCCC1(N)CN(Cc2ccccc2)CN(Cc2ccccc2)C1. The van der Waals surface area contributed by atoms with Gasteiger partial charge >= 0.3 is 0 Å². The zero-order valence-corrected chi connectivity index (χ0v) is 14.7. The van der Waals surface area contributed by atoms with Crippen LogP contribution < -0.4 is 5.73 Å². The molecule has 128 valence electrons. The molecule has 24 heavy (non-hydrogen) atoms. The molecule has 3 heteroatoms. The molecule has 1 heterocycles. The maximum absolute atomic E-state index is 6.77. The van der Waals surface area contributed by atoms with Gasteiger partial charge in [-0.2, -0.15) is 0 Å². The first-order valence-corrected chi connectivity index (χ1v) is 8.98. The van der Waals surface area contributed by atoms with Gasteiger partial charge in [0.25, 0.3) is 0 Å². The van der Waals surface area contributed by atoms with Gasteiger partial charge in [-0.1, -0.05) is 74.0 Å². The number of benzene rings is 2. The van der Waals surface area contributed by atoms with Gasteiger partial charge in [0.15, 0.2) is 0 Å². The first kappa shape index (κ1) is 17.2. The normalized spacial score (nSPS) is 18.6. The van der Waals surface area contributed by atoms with Crippen LogP contribution in [0.15, 0.2) is 60.7 Å². The highest BCUT2D eigenvalue weighted by molar-refractivity contribution is 5.16. The molecule has 2 N–H and O–H groups in total. The Bertz CT molecular complexity index is 562. The van der Waals surface area contributed by atoms with E-state index in [2.05, 4.69) is 77.4 Å². The summed E-state index contributed by atoms with van der Waals surface area (Å²) in [6.07, 6.45) is 2.21. The molecule has 0 amide bonds. The minimum absolute atomic E-state index is 0.115. The van der Waals surface area contributed by atoms with Gasteiger partial charge in [-0.25, -0.2) is 0 Å². The summed E-state index contributed by atoms with van der Waals surface area (Å²) in [5.74, 6) is 0. The highest BCUT2D eigenvalue weighted by Crippen LogP contribution is 2.22. The van der Waals surface area contributed by atoms with Crippen molar-refractivity contribution in [2.75, 3.05) is 19.8 Å². The highest BCUT2D eigenvalue weighted by atomic mass is 15.4. The standard InChI is InChI=1S/C21H29N3/c1-2-13-21(22)16-23(14-19-9-5-3-6-10-19)18-24(17-21)15-20-11-7-4-8-12-20/h3-12H,2,13-18,22H2,1H3. The zero-order chi connectivity index (χ0) is 16.8. The maximum Gasteiger partial charge on any atom is 0.0514 e. The second kappa shape index (κ2) is 7.93. The van der Waals surface area contributed by atoms with Crippen LogP contribution in [0.4, 0.5) is 0 Å². The Kier molecular flexibility index (Phi) is 5.67. The average molecular weight is 323 g/mol. The fourth-order valence-electron chi connectivity index (χ4n) is 3.87. The van der Waals surface area contributed by atoms with E-state index in [1.807, 2.05) is 0 Å². The molecule has 0 radical (unpaired) electrons. The molecule has 2 aromatic carbocycles. The van der Waals surface area contributed by atoms with E-state index in [9.17, 15) is 0 Å². The van der Waals surface area contributed by atoms with Gasteiger partial charge in [0.05, 0.1) is 6.67 Å². The summed E-state index contributed by atoms with van der Waals surface area (Å²) in [5.41, 5.74) is 9.38. The second-order valence-electron chi connectivity index (χ2n) is 7.20. The lowest BCUT2D eigenvalue weighted by Gasteiger charge is -2.46. The molecule has 2 aromatic rings. The van der Waals surface area contributed by atoms with Crippen LogP contribution in [0, 0.1) is 0 Å². The van der Waals surface area contributed by atoms with Crippen molar-refractivity contribution in [3.05, 3.63) is 71.8 Å². The van der Waals surface area contributed by atoms with Crippen molar-refractivity contribution in [2.45, 2.75) is 38.4 Å². The summed E-state index contributed by atoms with van der Waals surface area (Å²) in [6, 6.07) is 21.4. The quantitative estimate of drug-likeness (QED) is 0.883. The van der Waals surface area contributed by atoms with Crippen LogP contribution in [0.5, 0.6) is 0 Å². The predicted molar refractivity (Wildman–Crippen MR) is 100 cm³/mol. The molecule has 1 aliphatic heterocycles. The Morgan fingerprint density at radius 2 is 1.29 bits per heavy atom. The predicted octanol–water partition coefficient (Wildman–Crippen LogP) is 3.46. The molecule has 1 aliphatic rings. The van der Waals surface area contributed by atoms with E-state index >= 15 is 0 Å². The van der Waals surface area contributed by atoms with Crippen molar-refractivity contribution >= 4 is 0 Å². The third kappa shape index (κ3) is 4.67. The minimum atomic E-state index is -0.115. The van der Waals surface area contributed by atoms with Crippen LogP contribution >= 0.6 is 0 Å². The second-order valence-corrected chi connectivity index (χ2v) is 7.20. The molecule has 3 nitrogen and oxygen atoms in total. The maximum atomic E-state index is 6.77. The summed E-state index contributed by atoms with van der Waals surface area (Å²) in [4.78, 5) is 4.99. The summed E-state index contributed by atoms with van der Waals surface area (Å²) < 4.78 is 0. The van der Waals surface area contributed by atoms with Gasteiger partial charge in [-0.05, 0) is 17.5 Å². The number of rotatable bonds is 6. The number of hydrogen-bond donors (Lipinski definition) is 1. The van der Waals surface area contributed by atoms with Crippen molar-refractivity contribution in [3.8, 4) is 0 Å². The minimum Gasteiger partial charge on any atom is -0.323 e. The molecule has 0 aliphatic carbocycles. The molecule has 0 atom stereocenters. The number of nitrogens with zero attached hydrogens (tertiary/aromatic N) is 2. The Morgan fingerprint density at radius 1 is 0.833 bits per heavy atom. The third-order valence-electron chi connectivity index (χ3n) is 4.72. The van der Waals surface area contributed by atoms with Crippen molar-refractivity contribution in [1.29, 1.82) is 0 Å². The first-order chi connectivity index (χ1) is 11.7. The van der Waals surface area contributed by atoms with Gasteiger partial charge in [-0.3, -0.25) is 9.80 Å². The Labute approximate surface area is 146 Å². The Hall–Kier alpha value is -1.68. The van der Waals surface area contributed by atoms with E-state index in [4.69, 9.17) is 5.73 Å². The van der Waals surface area contributed by atoms with Crippen LogP contribution in [0.2, 0.25) is 0 Å². The van der Waals surface area contributed by atoms with Crippen molar-refractivity contribution in [1.82, 2.24) is 9.80 Å². The van der Waals surface area contributed by atoms with Gasteiger partial charge in [0.1, 0.15) is 0 Å². The number of nitrogens with two attached hydrogens (primary N) is 1.